The van der Waals surface area contributed by atoms with Crippen molar-refractivity contribution in [1.82, 2.24) is 15.5 Å². The van der Waals surface area contributed by atoms with Crippen LogP contribution in [0.15, 0.2) is 35.3 Å². The van der Waals surface area contributed by atoms with Gasteiger partial charge < -0.3 is 20.4 Å². The number of anilines is 1. The monoisotopic (exact) mass is 373 g/mol. The molecule has 0 spiro atoms. The molecule has 0 aromatic heterocycles. The van der Waals surface area contributed by atoms with E-state index in [-0.39, 0.29) is 0 Å². The minimum Gasteiger partial charge on any atom is -0.369 e. The molecule has 1 saturated heterocycles. The minimum atomic E-state index is 0.467. The van der Waals surface area contributed by atoms with Gasteiger partial charge in [0.05, 0.1) is 0 Å². The van der Waals surface area contributed by atoms with Crippen LogP contribution in [0.25, 0.3) is 0 Å². The molecule has 5 heteroatoms. The van der Waals surface area contributed by atoms with Gasteiger partial charge in [-0.1, -0.05) is 37.5 Å². The van der Waals surface area contributed by atoms with E-state index in [0.29, 0.717) is 6.04 Å². The topological polar surface area (TPSA) is 42.9 Å². The van der Waals surface area contributed by atoms with Crippen LogP contribution in [0, 0.1) is 0 Å². The van der Waals surface area contributed by atoms with Crippen molar-refractivity contribution >= 4 is 11.6 Å². The van der Waals surface area contributed by atoms with E-state index in [1.807, 2.05) is 0 Å². The molecule has 0 radical (unpaired) electrons. The summed E-state index contributed by atoms with van der Waals surface area (Å²) in [7, 11) is 4.29. The molecule has 1 fully saturated rings. The molecule has 0 bridgehead atoms. The Labute approximate surface area is 166 Å². The van der Waals surface area contributed by atoms with Crippen LogP contribution in [0.3, 0.4) is 0 Å². The third kappa shape index (κ3) is 8.65. The number of rotatable bonds is 11. The Kier molecular flexibility index (Phi) is 10.1. The Morgan fingerprint density at radius 3 is 2.59 bits per heavy atom. The summed E-state index contributed by atoms with van der Waals surface area (Å²) < 4.78 is 0. The molecule has 1 aliphatic heterocycles. The zero-order valence-electron chi connectivity index (χ0n) is 17.6. The lowest BCUT2D eigenvalue weighted by molar-refractivity contribution is 0.390. The molecule has 1 atom stereocenters. The predicted octanol–water partition coefficient (Wildman–Crippen LogP) is 3.33. The van der Waals surface area contributed by atoms with Crippen molar-refractivity contribution in [2.45, 2.75) is 51.5 Å². The van der Waals surface area contributed by atoms with Gasteiger partial charge in [0.2, 0.25) is 0 Å². The maximum absolute atomic E-state index is 4.79. The fraction of sp³-hybridized carbons (Fsp3) is 0.682. The number of aliphatic imine (C=N–C) groups is 1. The lowest BCUT2D eigenvalue weighted by Crippen LogP contribution is -2.44. The van der Waals surface area contributed by atoms with E-state index < -0.39 is 0 Å². The highest BCUT2D eigenvalue weighted by atomic mass is 15.2. The maximum Gasteiger partial charge on any atom is 0.191 e. The van der Waals surface area contributed by atoms with Crippen molar-refractivity contribution in [2.24, 2.45) is 4.99 Å². The van der Waals surface area contributed by atoms with E-state index >= 15 is 0 Å². The van der Waals surface area contributed by atoms with E-state index in [0.717, 1.165) is 38.6 Å². The van der Waals surface area contributed by atoms with Gasteiger partial charge in [0.1, 0.15) is 0 Å². The van der Waals surface area contributed by atoms with Crippen molar-refractivity contribution in [1.29, 1.82) is 0 Å². The van der Waals surface area contributed by atoms with E-state index in [1.54, 1.807) is 0 Å². The predicted molar refractivity (Wildman–Crippen MR) is 118 cm³/mol. The van der Waals surface area contributed by atoms with Gasteiger partial charge in [0.15, 0.2) is 5.96 Å². The van der Waals surface area contributed by atoms with E-state index in [9.17, 15) is 0 Å². The standard InChI is InChI=1S/C22H39N5/c1-4-23-22(24-16-11-6-5-7-12-17-26(2)3)25-20-15-18-27(19-20)21-13-9-8-10-14-21/h8-10,13-14,20H,4-7,11-12,15-19H2,1-3H3,(H2,23,24,25). The number of guanidine groups is 1. The summed E-state index contributed by atoms with van der Waals surface area (Å²) in [4.78, 5) is 9.51. The summed E-state index contributed by atoms with van der Waals surface area (Å²) in [5.74, 6) is 0.977. The molecular formula is C22H39N5. The Hall–Kier alpha value is -1.75. The van der Waals surface area contributed by atoms with E-state index in [2.05, 4.69) is 71.8 Å². The van der Waals surface area contributed by atoms with Gasteiger partial charge >= 0.3 is 0 Å². The molecule has 2 rings (SSSR count). The van der Waals surface area contributed by atoms with Crippen molar-refractivity contribution in [3.8, 4) is 0 Å². The zero-order chi connectivity index (χ0) is 19.3. The van der Waals surface area contributed by atoms with E-state index in [4.69, 9.17) is 4.99 Å². The van der Waals surface area contributed by atoms with Gasteiger partial charge in [-0.3, -0.25) is 4.99 Å². The largest absolute Gasteiger partial charge is 0.369 e. The summed E-state index contributed by atoms with van der Waals surface area (Å²) in [5.41, 5.74) is 1.32. The Bertz CT molecular complexity index is 529. The number of hydrogen-bond donors (Lipinski definition) is 2. The van der Waals surface area contributed by atoms with Gasteiger partial charge in [-0.2, -0.15) is 0 Å². The summed E-state index contributed by atoms with van der Waals surface area (Å²) in [6, 6.07) is 11.2. The van der Waals surface area contributed by atoms with Crippen LogP contribution in [-0.2, 0) is 0 Å². The van der Waals surface area contributed by atoms with Gasteiger partial charge in [-0.25, -0.2) is 0 Å². The molecular weight excluding hydrogens is 334 g/mol. The highest BCUT2D eigenvalue weighted by Gasteiger charge is 2.23. The van der Waals surface area contributed by atoms with Gasteiger partial charge in [0, 0.05) is 37.9 Å². The average molecular weight is 374 g/mol. The van der Waals surface area contributed by atoms with Crippen LogP contribution < -0.4 is 15.5 Å². The molecule has 1 aromatic rings. The number of para-hydroxylation sites is 1. The van der Waals surface area contributed by atoms with Crippen LogP contribution in [0.1, 0.15) is 45.4 Å². The molecule has 152 valence electrons. The molecule has 27 heavy (non-hydrogen) atoms. The van der Waals surface area contributed by atoms with Crippen LogP contribution in [0.4, 0.5) is 5.69 Å². The highest BCUT2D eigenvalue weighted by molar-refractivity contribution is 5.80. The Morgan fingerprint density at radius 1 is 1.11 bits per heavy atom. The molecule has 5 nitrogen and oxygen atoms in total. The second kappa shape index (κ2) is 12.6. The first-order chi connectivity index (χ1) is 13.2. The Morgan fingerprint density at radius 2 is 1.85 bits per heavy atom. The molecule has 0 saturated carbocycles. The lowest BCUT2D eigenvalue weighted by atomic mass is 10.1. The molecule has 1 aromatic carbocycles. The minimum absolute atomic E-state index is 0.467. The van der Waals surface area contributed by atoms with Gasteiger partial charge in [0.25, 0.3) is 0 Å². The normalized spacial score (nSPS) is 17.6. The van der Waals surface area contributed by atoms with Gasteiger partial charge in [-0.05, 0) is 59.0 Å². The molecule has 1 unspecified atom stereocenters. The molecule has 0 aliphatic carbocycles. The third-order valence-corrected chi connectivity index (χ3v) is 5.03. The fourth-order valence-corrected chi connectivity index (χ4v) is 3.53. The molecule has 1 heterocycles. The van der Waals surface area contributed by atoms with E-state index in [1.165, 1.54) is 44.3 Å². The van der Waals surface area contributed by atoms with Crippen molar-refractivity contribution < 1.29 is 0 Å². The number of unbranched alkanes of at least 4 members (excludes halogenated alkanes) is 4. The van der Waals surface area contributed by atoms with Crippen molar-refractivity contribution in [3.63, 3.8) is 0 Å². The summed E-state index contributed by atoms with van der Waals surface area (Å²) in [5, 5.41) is 7.03. The first-order valence-corrected chi connectivity index (χ1v) is 10.7. The lowest BCUT2D eigenvalue weighted by Gasteiger charge is -2.20. The summed E-state index contributed by atoms with van der Waals surface area (Å²) in [6.45, 7) is 7.30. The second-order valence-electron chi connectivity index (χ2n) is 7.74. The van der Waals surface area contributed by atoms with Crippen LogP contribution in [0.5, 0.6) is 0 Å². The summed E-state index contributed by atoms with van der Waals surface area (Å²) in [6.07, 6.45) is 7.58. The highest BCUT2D eigenvalue weighted by Crippen LogP contribution is 2.19. The third-order valence-electron chi connectivity index (χ3n) is 5.03. The van der Waals surface area contributed by atoms with Crippen LogP contribution in [0.2, 0.25) is 0 Å². The Balaban J connectivity index is 1.66. The van der Waals surface area contributed by atoms with Crippen LogP contribution in [-0.4, -0.2) is 63.7 Å². The fourth-order valence-electron chi connectivity index (χ4n) is 3.53. The molecule has 0 amide bonds. The number of benzene rings is 1. The average Bonchev–Trinajstić information content (AvgIpc) is 3.13. The molecule has 2 N–H and O–H groups in total. The quantitative estimate of drug-likeness (QED) is 0.355. The van der Waals surface area contributed by atoms with Crippen LogP contribution >= 0.6 is 0 Å². The zero-order valence-corrected chi connectivity index (χ0v) is 17.6. The first-order valence-electron chi connectivity index (χ1n) is 10.7. The molecule has 1 aliphatic rings. The second-order valence-corrected chi connectivity index (χ2v) is 7.74. The SMILES string of the molecule is CCNC(=NCCCCCCCN(C)C)NC1CCN(c2ccccc2)C1. The smallest absolute Gasteiger partial charge is 0.191 e. The summed E-state index contributed by atoms with van der Waals surface area (Å²) >= 11 is 0. The maximum atomic E-state index is 4.79. The van der Waals surface area contributed by atoms with Crippen molar-refractivity contribution in [3.05, 3.63) is 30.3 Å². The van der Waals surface area contributed by atoms with Crippen molar-refractivity contribution in [2.75, 3.05) is 51.7 Å². The first kappa shape index (κ1) is 21.5. The number of nitrogens with zero attached hydrogens (tertiary/aromatic N) is 3. The number of nitrogens with one attached hydrogen (secondary N) is 2. The number of hydrogen-bond acceptors (Lipinski definition) is 3. The van der Waals surface area contributed by atoms with Gasteiger partial charge in [-0.15, -0.1) is 0 Å².